The lowest BCUT2D eigenvalue weighted by atomic mass is 9.68. The highest BCUT2D eigenvalue weighted by atomic mass is 16.6. The maximum atomic E-state index is 13.4. The summed E-state index contributed by atoms with van der Waals surface area (Å²) in [5, 5.41) is 19.7. The maximum absolute atomic E-state index is 13.4. The first kappa shape index (κ1) is 26.2. The first-order chi connectivity index (χ1) is 17.6. The second-order valence-electron chi connectivity index (χ2n) is 9.99. The van der Waals surface area contributed by atoms with Crippen LogP contribution in [-0.2, 0) is 14.3 Å². The summed E-state index contributed by atoms with van der Waals surface area (Å²) in [4.78, 5) is 26.7. The van der Waals surface area contributed by atoms with Gasteiger partial charge in [-0.15, -0.1) is 0 Å². The Labute approximate surface area is 216 Å². The Morgan fingerprint density at radius 2 is 1.54 bits per heavy atom. The van der Waals surface area contributed by atoms with Crippen molar-refractivity contribution in [1.82, 2.24) is 0 Å². The van der Waals surface area contributed by atoms with E-state index >= 15 is 0 Å². The molecule has 0 bridgehead atoms. The molecule has 0 amide bonds. The van der Waals surface area contributed by atoms with Crippen molar-refractivity contribution in [2.75, 3.05) is 14.2 Å². The van der Waals surface area contributed by atoms with Crippen molar-refractivity contribution >= 4 is 23.7 Å². The Kier molecular flexibility index (Phi) is 7.28. The van der Waals surface area contributed by atoms with Crippen LogP contribution < -0.4 is 9.47 Å². The number of rotatable bonds is 9. The molecule has 2 unspecified atom stereocenters. The number of ether oxygens (including phenoxy) is 3. The quantitative estimate of drug-likeness (QED) is 0.208. The molecule has 4 rings (SSSR count). The molecule has 2 aromatic carbocycles. The highest BCUT2D eigenvalue weighted by Gasteiger charge is 2.64. The van der Waals surface area contributed by atoms with E-state index in [9.17, 15) is 19.8 Å². The molecule has 194 valence electrons. The standard InChI is InChI=1S/C30H32O7/c1-29(2)14-5-6-28-30(29,37-28)15-13-23(32)21(16-20-9-12-25(34)27(18-20)36-4)22(31)10-7-19-8-11-24(33)26(17-19)35-3/h7-13,15-18,28,33-34H,5-6,14H2,1-4H3/b10-7+,15-13+,21-16-. The van der Waals surface area contributed by atoms with Gasteiger partial charge in [-0.05, 0) is 78.0 Å². The predicted molar refractivity (Wildman–Crippen MR) is 141 cm³/mol. The average Bonchev–Trinajstić information content (AvgIpc) is 3.62. The van der Waals surface area contributed by atoms with E-state index < -0.39 is 17.2 Å². The number of carbonyl (C=O) groups is 2. The van der Waals surface area contributed by atoms with Crippen molar-refractivity contribution in [2.45, 2.75) is 44.8 Å². The van der Waals surface area contributed by atoms with Crippen LogP contribution in [0.5, 0.6) is 23.0 Å². The third-order valence-electron chi connectivity index (χ3n) is 7.24. The van der Waals surface area contributed by atoms with Crippen molar-refractivity contribution in [3.63, 3.8) is 0 Å². The topological polar surface area (TPSA) is 106 Å². The highest BCUT2D eigenvalue weighted by molar-refractivity contribution is 6.30. The lowest BCUT2D eigenvalue weighted by molar-refractivity contribution is -0.116. The second-order valence-corrected chi connectivity index (χ2v) is 9.99. The fraction of sp³-hybridized carbons (Fsp3) is 0.333. The number of allylic oxidation sites excluding steroid dienone is 3. The van der Waals surface area contributed by atoms with Crippen molar-refractivity contribution in [1.29, 1.82) is 0 Å². The van der Waals surface area contributed by atoms with E-state index in [-0.39, 0.29) is 40.1 Å². The molecule has 1 heterocycles. The molecule has 0 radical (unpaired) electrons. The molecule has 37 heavy (non-hydrogen) atoms. The average molecular weight is 505 g/mol. The molecule has 1 saturated heterocycles. The van der Waals surface area contributed by atoms with Crippen molar-refractivity contribution in [3.05, 3.63) is 71.3 Å². The Morgan fingerprint density at radius 1 is 0.946 bits per heavy atom. The third kappa shape index (κ3) is 5.32. The monoisotopic (exact) mass is 504 g/mol. The molecule has 2 aromatic rings. The number of hydrogen-bond acceptors (Lipinski definition) is 7. The Morgan fingerprint density at radius 3 is 2.16 bits per heavy atom. The Bertz CT molecular complexity index is 1300. The Hall–Kier alpha value is -3.84. The molecular weight excluding hydrogens is 472 g/mol. The number of phenolic OH excluding ortho intramolecular Hbond substituents is 2. The number of aromatic hydroxyl groups is 2. The van der Waals surface area contributed by atoms with Crippen LogP contribution in [0.2, 0.25) is 0 Å². The van der Waals surface area contributed by atoms with Crippen molar-refractivity contribution in [2.24, 2.45) is 5.41 Å². The van der Waals surface area contributed by atoms with E-state index in [1.54, 1.807) is 30.3 Å². The fourth-order valence-electron chi connectivity index (χ4n) is 4.93. The molecule has 7 nitrogen and oxygen atoms in total. The van der Waals surface area contributed by atoms with Gasteiger partial charge in [-0.1, -0.05) is 38.5 Å². The molecule has 0 aromatic heterocycles. The largest absolute Gasteiger partial charge is 0.504 e. The van der Waals surface area contributed by atoms with E-state index in [1.807, 2.05) is 6.08 Å². The zero-order valence-corrected chi connectivity index (χ0v) is 21.5. The van der Waals surface area contributed by atoms with Crippen molar-refractivity contribution < 1.29 is 34.0 Å². The van der Waals surface area contributed by atoms with E-state index in [0.29, 0.717) is 11.1 Å². The lowest BCUT2D eigenvalue weighted by Gasteiger charge is -2.33. The van der Waals surface area contributed by atoms with Gasteiger partial charge in [0.15, 0.2) is 34.6 Å². The van der Waals surface area contributed by atoms with Crippen LogP contribution in [0.4, 0.5) is 0 Å². The molecule has 1 aliphatic heterocycles. The third-order valence-corrected chi connectivity index (χ3v) is 7.24. The van der Waals surface area contributed by atoms with E-state index in [2.05, 4.69) is 13.8 Å². The first-order valence-corrected chi connectivity index (χ1v) is 12.2. The van der Waals surface area contributed by atoms with Crippen LogP contribution in [0.25, 0.3) is 12.2 Å². The van der Waals surface area contributed by atoms with Gasteiger partial charge in [-0.2, -0.15) is 0 Å². The number of carbonyl (C=O) groups excluding carboxylic acids is 2. The van der Waals surface area contributed by atoms with Crippen LogP contribution in [-0.4, -0.2) is 47.7 Å². The van der Waals surface area contributed by atoms with Gasteiger partial charge in [0.2, 0.25) is 0 Å². The summed E-state index contributed by atoms with van der Waals surface area (Å²) < 4.78 is 16.3. The molecule has 7 heteroatoms. The molecule has 2 aliphatic rings. The number of epoxide rings is 1. The minimum Gasteiger partial charge on any atom is -0.504 e. The zero-order valence-electron chi connectivity index (χ0n) is 21.5. The summed E-state index contributed by atoms with van der Waals surface area (Å²) in [7, 11) is 2.86. The lowest BCUT2D eigenvalue weighted by Crippen LogP contribution is -2.36. The minimum atomic E-state index is -0.498. The van der Waals surface area contributed by atoms with Gasteiger partial charge in [0.1, 0.15) is 5.60 Å². The summed E-state index contributed by atoms with van der Waals surface area (Å²) in [6.07, 6.45) is 10.7. The van der Waals surface area contributed by atoms with E-state index in [4.69, 9.17) is 14.2 Å². The molecule has 2 atom stereocenters. The van der Waals surface area contributed by atoms with Crippen LogP contribution in [0.3, 0.4) is 0 Å². The molecular formula is C30H32O7. The summed E-state index contributed by atoms with van der Waals surface area (Å²) in [6.45, 7) is 4.28. The van der Waals surface area contributed by atoms with Crippen LogP contribution in [0, 0.1) is 5.41 Å². The number of benzene rings is 2. The SMILES string of the molecule is COc1cc(/C=C(/C(=O)/C=C/c2ccc(O)c(OC)c2)C(=O)/C=C/C23OC2CCCC3(C)C)ccc1O. The van der Waals surface area contributed by atoms with Gasteiger partial charge < -0.3 is 24.4 Å². The molecule has 0 spiro atoms. The predicted octanol–water partition coefficient (Wildman–Crippen LogP) is 5.25. The zero-order chi connectivity index (χ0) is 26.8. The maximum Gasteiger partial charge on any atom is 0.189 e. The summed E-state index contributed by atoms with van der Waals surface area (Å²) in [6, 6.07) is 9.28. The van der Waals surface area contributed by atoms with Crippen LogP contribution >= 0.6 is 0 Å². The fourth-order valence-corrected chi connectivity index (χ4v) is 4.93. The van der Waals surface area contributed by atoms with Gasteiger partial charge in [-0.25, -0.2) is 0 Å². The molecule has 1 saturated carbocycles. The van der Waals surface area contributed by atoms with E-state index in [0.717, 1.165) is 19.3 Å². The van der Waals surface area contributed by atoms with Crippen LogP contribution in [0.1, 0.15) is 44.2 Å². The van der Waals surface area contributed by atoms with Gasteiger partial charge in [0.25, 0.3) is 0 Å². The highest BCUT2D eigenvalue weighted by Crippen LogP contribution is 2.59. The second kappa shape index (κ2) is 10.3. The molecule has 1 aliphatic carbocycles. The van der Waals surface area contributed by atoms with Gasteiger partial charge in [0.05, 0.1) is 25.9 Å². The van der Waals surface area contributed by atoms with E-state index in [1.165, 1.54) is 44.6 Å². The summed E-state index contributed by atoms with van der Waals surface area (Å²) in [5.41, 5.74) is 0.496. The minimum absolute atomic E-state index is 0.0150. The molecule has 2 N–H and O–H groups in total. The normalized spacial score (nSPS) is 22.6. The number of phenols is 2. The smallest absolute Gasteiger partial charge is 0.189 e. The Balaban J connectivity index is 1.66. The number of methoxy groups -OCH3 is 2. The van der Waals surface area contributed by atoms with Gasteiger partial charge in [0, 0.05) is 0 Å². The summed E-state index contributed by atoms with van der Waals surface area (Å²) >= 11 is 0. The molecule has 2 fully saturated rings. The number of fused-ring (bicyclic) bond motifs is 1. The first-order valence-electron chi connectivity index (χ1n) is 12.2. The van der Waals surface area contributed by atoms with Crippen molar-refractivity contribution in [3.8, 4) is 23.0 Å². The number of hydrogen-bond donors (Lipinski definition) is 2. The van der Waals surface area contributed by atoms with Crippen LogP contribution in [0.15, 0.2) is 60.2 Å². The van der Waals surface area contributed by atoms with Gasteiger partial charge >= 0.3 is 0 Å². The summed E-state index contributed by atoms with van der Waals surface area (Å²) in [5.74, 6) is -0.507. The number of ketones is 2. The van der Waals surface area contributed by atoms with Gasteiger partial charge in [-0.3, -0.25) is 9.59 Å².